The second-order valence-corrected chi connectivity index (χ2v) is 6.74. The van der Waals surface area contributed by atoms with E-state index in [0.717, 1.165) is 15.8 Å². The van der Waals surface area contributed by atoms with Gasteiger partial charge in [-0.3, -0.25) is 9.97 Å². The van der Waals surface area contributed by atoms with E-state index in [1.807, 2.05) is 18.2 Å². The summed E-state index contributed by atoms with van der Waals surface area (Å²) in [6.45, 7) is 0.430. The average molecular weight is 374 g/mol. The summed E-state index contributed by atoms with van der Waals surface area (Å²) >= 11 is 1.46. The molecule has 0 aromatic carbocycles. The lowest BCUT2D eigenvalue weighted by molar-refractivity contribution is 0.295. The topological polar surface area (TPSA) is 97.5 Å². The molecule has 7 nitrogen and oxygen atoms in total. The highest BCUT2D eigenvalue weighted by Crippen LogP contribution is 2.30. The van der Waals surface area contributed by atoms with Crippen molar-refractivity contribution >= 4 is 21.6 Å². The van der Waals surface area contributed by atoms with Crippen LogP contribution in [0, 0.1) is 11.3 Å². The predicted octanol–water partition coefficient (Wildman–Crippen LogP) is 3.15. The quantitative estimate of drug-likeness (QED) is 0.511. The molecule has 8 heteroatoms. The molecule has 0 radical (unpaired) electrons. The van der Waals surface area contributed by atoms with Crippen LogP contribution in [0.25, 0.3) is 10.2 Å². The highest BCUT2D eigenvalue weighted by atomic mass is 32.1. The van der Waals surface area contributed by atoms with Crippen LogP contribution in [-0.4, -0.2) is 31.5 Å². The van der Waals surface area contributed by atoms with E-state index in [2.05, 4.69) is 31.0 Å². The van der Waals surface area contributed by atoms with Gasteiger partial charge in [0.25, 0.3) is 0 Å². The SMILES string of the molecule is N#CC(c1ccnc(OCCc2cccnc2)n1)c1nc2cnccc2s1. The maximum atomic E-state index is 9.67. The Morgan fingerprint density at radius 1 is 1.07 bits per heavy atom. The zero-order chi connectivity index (χ0) is 18.5. The van der Waals surface area contributed by atoms with E-state index in [-0.39, 0.29) is 6.01 Å². The Morgan fingerprint density at radius 3 is 2.81 bits per heavy atom. The maximum absolute atomic E-state index is 9.67. The van der Waals surface area contributed by atoms with Crippen molar-refractivity contribution in [1.29, 1.82) is 5.26 Å². The van der Waals surface area contributed by atoms with Crippen LogP contribution < -0.4 is 4.74 Å². The van der Waals surface area contributed by atoms with Gasteiger partial charge in [-0.05, 0) is 23.8 Å². The third-order valence-corrected chi connectivity index (χ3v) is 4.98. The van der Waals surface area contributed by atoms with Crippen LogP contribution in [0.2, 0.25) is 0 Å². The first-order valence-electron chi connectivity index (χ1n) is 8.28. The lowest BCUT2D eigenvalue weighted by Gasteiger charge is -2.08. The van der Waals surface area contributed by atoms with Gasteiger partial charge in [0.1, 0.15) is 10.9 Å². The third kappa shape index (κ3) is 3.88. The van der Waals surface area contributed by atoms with Gasteiger partial charge in [0.15, 0.2) is 0 Å². The summed E-state index contributed by atoms with van der Waals surface area (Å²) in [7, 11) is 0. The Balaban J connectivity index is 1.51. The lowest BCUT2D eigenvalue weighted by Crippen LogP contribution is -2.07. The normalized spacial score (nSPS) is 11.8. The Morgan fingerprint density at radius 2 is 2.00 bits per heavy atom. The molecule has 1 atom stereocenters. The second-order valence-electron chi connectivity index (χ2n) is 5.68. The molecule has 0 amide bonds. The zero-order valence-corrected chi connectivity index (χ0v) is 15.0. The summed E-state index contributed by atoms with van der Waals surface area (Å²) in [6.07, 6.45) is 9.24. The number of fused-ring (bicyclic) bond motifs is 1. The first-order valence-corrected chi connectivity index (χ1v) is 9.10. The summed E-state index contributed by atoms with van der Waals surface area (Å²) in [5.74, 6) is -0.578. The number of hydrogen-bond acceptors (Lipinski definition) is 8. The molecule has 4 heterocycles. The van der Waals surface area contributed by atoms with Crippen LogP contribution in [0.5, 0.6) is 6.01 Å². The molecule has 1 unspecified atom stereocenters. The molecule has 4 aromatic heterocycles. The standard InChI is InChI=1S/C19H14N6OS/c20-10-14(18-24-16-12-22-7-4-17(16)27-18)15-3-8-23-19(25-15)26-9-5-13-2-1-6-21-11-13/h1-4,6-8,11-12,14H,5,9H2. The van der Waals surface area contributed by atoms with Gasteiger partial charge in [0.05, 0.1) is 34.8 Å². The average Bonchev–Trinajstić information content (AvgIpc) is 3.13. The van der Waals surface area contributed by atoms with Gasteiger partial charge in [-0.2, -0.15) is 10.2 Å². The van der Waals surface area contributed by atoms with Crippen LogP contribution in [0.4, 0.5) is 0 Å². The minimum Gasteiger partial charge on any atom is -0.463 e. The molecule has 0 aliphatic rings. The number of hydrogen-bond donors (Lipinski definition) is 0. The summed E-state index contributed by atoms with van der Waals surface area (Å²) < 4.78 is 6.64. The highest BCUT2D eigenvalue weighted by molar-refractivity contribution is 7.18. The van der Waals surface area contributed by atoms with Crippen molar-refractivity contribution < 1.29 is 4.74 Å². The number of nitrogens with zero attached hydrogens (tertiary/aromatic N) is 6. The van der Waals surface area contributed by atoms with Crippen molar-refractivity contribution in [2.24, 2.45) is 0 Å². The minimum atomic E-state index is -0.578. The fourth-order valence-electron chi connectivity index (χ4n) is 2.56. The molecule has 0 aliphatic heterocycles. The molecule has 0 spiro atoms. The smallest absolute Gasteiger partial charge is 0.316 e. The van der Waals surface area contributed by atoms with Gasteiger partial charge < -0.3 is 4.74 Å². The van der Waals surface area contributed by atoms with Crippen LogP contribution in [0.1, 0.15) is 22.2 Å². The van der Waals surface area contributed by atoms with Crippen LogP contribution in [0.3, 0.4) is 0 Å². The van der Waals surface area contributed by atoms with Gasteiger partial charge in [-0.1, -0.05) is 6.07 Å². The zero-order valence-electron chi connectivity index (χ0n) is 14.2. The monoisotopic (exact) mass is 374 g/mol. The number of ether oxygens (including phenoxy) is 1. The van der Waals surface area contributed by atoms with Gasteiger partial charge in [-0.25, -0.2) is 9.97 Å². The highest BCUT2D eigenvalue weighted by Gasteiger charge is 2.20. The van der Waals surface area contributed by atoms with Gasteiger partial charge in [-0.15, -0.1) is 11.3 Å². The molecule has 4 rings (SSSR count). The molecular formula is C19H14N6OS. The van der Waals surface area contributed by atoms with E-state index in [4.69, 9.17) is 4.74 Å². The number of rotatable bonds is 6. The molecular weight excluding hydrogens is 360 g/mol. The van der Waals surface area contributed by atoms with Crippen LogP contribution in [-0.2, 0) is 6.42 Å². The summed E-state index contributed by atoms with van der Waals surface area (Å²) in [4.78, 5) is 21.2. The third-order valence-electron chi connectivity index (χ3n) is 3.88. The molecule has 0 bridgehead atoms. The van der Waals surface area contributed by atoms with Crippen molar-refractivity contribution in [3.8, 4) is 12.1 Å². The molecule has 0 saturated heterocycles. The van der Waals surface area contributed by atoms with E-state index >= 15 is 0 Å². The molecule has 0 fully saturated rings. The molecule has 0 aliphatic carbocycles. The Kier molecular flexibility index (Phi) is 4.94. The van der Waals surface area contributed by atoms with Crippen molar-refractivity contribution in [1.82, 2.24) is 24.9 Å². The maximum Gasteiger partial charge on any atom is 0.316 e. The van der Waals surface area contributed by atoms with Gasteiger partial charge in [0.2, 0.25) is 0 Å². The van der Waals surface area contributed by atoms with Crippen molar-refractivity contribution in [2.45, 2.75) is 12.3 Å². The lowest BCUT2D eigenvalue weighted by atomic mass is 10.1. The number of aromatic nitrogens is 5. The Bertz CT molecular complexity index is 1060. The molecule has 0 N–H and O–H groups in total. The Labute approximate surface area is 159 Å². The van der Waals surface area contributed by atoms with E-state index in [1.54, 1.807) is 37.1 Å². The van der Waals surface area contributed by atoms with E-state index < -0.39 is 5.92 Å². The van der Waals surface area contributed by atoms with Crippen molar-refractivity contribution in [3.05, 3.63) is 71.5 Å². The second kappa shape index (κ2) is 7.85. The molecule has 0 saturated carbocycles. The van der Waals surface area contributed by atoms with Crippen LogP contribution in [0.15, 0.2) is 55.2 Å². The molecule has 4 aromatic rings. The fraction of sp³-hybridized carbons (Fsp3) is 0.158. The largest absolute Gasteiger partial charge is 0.463 e. The van der Waals surface area contributed by atoms with E-state index in [1.165, 1.54) is 11.3 Å². The summed E-state index contributed by atoms with van der Waals surface area (Å²) in [6, 6.07) is 10.0. The van der Waals surface area contributed by atoms with Gasteiger partial charge >= 0.3 is 6.01 Å². The summed E-state index contributed by atoms with van der Waals surface area (Å²) in [5.41, 5.74) is 2.42. The predicted molar refractivity (Wildman–Crippen MR) is 100 cm³/mol. The van der Waals surface area contributed by atoms with E-state index in [0.29, 0.717) is 23.7 Å². The first kappa shape index (κ1) is 17.0. The molecule has 132 valence electrons. The van der Waals surface area contributed by atoms with Crippen molar-refractivity contribution in [3.63, 3.8) is 0 Å². The number of thiazole rings is 1. The Hall–Kier alpha value is -3.44. The van der Waals surface area contributed by atoms with Crippen LogP contribution >= 0.6 is 11.3 Å². The van der Waals surface area contributed by atoms with E-state index in [9.17, 15) is 5.26 Å². The molecule has 27 heavy (non-hydrogen) atoms. The number of pyridine rings is 2. The van der Waals surface area contributed by atoms with Crippen molar-refractivity contribution in [2.75, 3.05) is 6.61 Å². The number of nitriles is 1. The summed E-state index contributed by atoms with van der Waals surface area (Å²) in [5, 5.41) is 10.3. The first-order chi connectivity index (χ1) is 13.3. The fourth-order valence-corrected chi connectivity index (χ4v) is 3.55. The minimum absolute atomic E-state index is 0.249. The van der Waals surface area contributed by atoms with Gasteiger partial charge in [0, 0.05) is 31.2 Å².